The molecule has 0 aliphatic carbocycles. The highest BCUT2D eigenvalue weighted by atomic mass is 19.1. The van der Waals surface area contributed by atoms with Gasteiger partial charge < -0.3 is 10.6 Å². The predicted molar refractivity (Wildman–Crippen MR) is 121 cm³/mol. The van der Waals surface area contributed by atoms with Gasteiger partial charge in [0.1, 0.15) is 24.0 Å². The summed E-state index contributed by atoms with van der Waals surface area (Å²) in [4.78, 5) is 24.0. The Bertz CT molecular complexity index is 1400. The fraction of sp³-hybridized carbons (Fsp3) is 0.292. The fourth-order valence-electron chi connectivity index (χ4n) is 4.98. The molecule has 0 aromatic carbocycles. The van der Waals surface area contributed by atoms with Crippen molar-refractivity contribution in [2.45, 2.75) is 31.9 Å². The lowest BCUT2D eigenvalue weighted by atomic mass is 9.94. The summed E-state index contributed by atoms with van der Waals surface area (Å²) in [7, 11) is 0. The first-order valence-electron chi connectivity index (χ1n) is 11.0. The van der Waals surface area contributed by atoms with Gasteiger partial charge in [0.05, 0.1) is 11.9 Å². The van der Waals surface area contributed by atoms with Crippen LogP contribution in [0.5, 0.6) is 5.75 Å². The third kappa shape index (κ3) is 3.45. The van der Waals surface area contributed by atoms with E-state index in [1.165, 1.54) is 28.0 Å². The monoisotopic (exact) mass is 446 g/mol. The van der Waals surface area contributed by atoms with Crippen molar-refractivity contribution >= 4 is 11.0 Å². The maximum absolute atomic E-state index is 13.0. The lowest BCUT2D eigenvalue weighted by Gasteiger charge is -2.27. The minimum absolute atomic E-state index is 0.137. The van der Waals surface area contributed by atoms with E-state index in [0.29, 0.717) is 28.8 Å². The molecule has 3 aliphatic heterocycles. The largest absolute Gasteiger partial charge is 0.487 e. The molecule has 33 heavy (non-hydrogen) atoms. The third-order valence-corrected chi connectivity index (χ3v) is 6.65. The van der Waals surface area contributed by atoms with E-state index in [2.05, 4.69) is 9.88 Å². The Morgan fingerprint density at radius 2 is 2.00 bits per heavy atom. The fourth-order valence-corrected chi connectivity index (χ4v) is 4.98. The second-order valence-corrected chi connectivity index (χ2v) is 8.65. The molecule has 2 N–H and O–H groups in total. The van der Waals surface area contributed by atoms with Gasteiger partial charge in [-0.3, -0.25) is 19.2 Å². The summed E-state index contributed by atoms with van der Waals surface area (Å²) in [6, 6.07) is 9.83. The molecule has 3 aliphatic rings. The lowest BCUT2D eigenvalue weighted by Crippen LogP contribution is -2.29. The number of hydrogen-bond donors (Lipinski definition) is 1. The molecule has 9 heteroatoms. The second kappa shape index (κ2) is 7.70. The minimum Gasteiger partial charge on any atom is -0.487 e. The van der Waals surface area contributed by atoms with Gasteiger partial charge in [0, 0.05) is 35.8 Å². The lowest BCUT2D eigenvalue weighted by molar-refractivity contribution is 0.220. The Morgan fingerprint density at radius 1 is 1.15 bits per heavy atom. The van der Waals surface area contributed by atoms with Crippen molar-refractivity contribution < 1.29 is 9.13 Å². The van der Waals surface area contributed by atoms with Crippen LogP contribution in [0.2, 0.25) is 0 Å². The highest BCUT2D eigenvalue weighted by Crippen LogP contribution is 2.39. The summed E-state index contributed by atoms with van der Waals surface area (Å²) < 4.78 is 21.8. The average molecular weight is 446 g/mol. The Kier molecular flexibility index (Phi) is 4.65. The van der Waals surface area contributed by atoms with Crippen molar-refractivity contribution in [2.75, 3.05) is 18.9 Å². The Balaban J connectivity index is 1.30. The summed E-state index contributed by atoms with van der Waals surface area (Å²) in [5, 5.41) is 1.05. The van der Waals surface area contributed by atoms with Gasteiger partial charge in [-0.2, -0.15) is 0 Å². The quantitative estimate of drug-likeness (QED) is 0.485. The van der Waals surface area contributed by atoms with Crippen LogP contribution in [0.15, 0.2) is 53.6 Å². The topological polar surface area (TPSA) is 91.2 Å². The molecule has 0 saturated carbocycles. The normalized spacial score (nSPS) is 19.4. The third-order valence-electron chi connectivity index (χ3n) is 6.65. The van der Waals surface area contributed by atoms with Gasteiger partial charge in [-0.05, 0) is 61.8 Å². The molecule has 4 aromatic heterocycles. The average Bonchev–Trinajstić information content (AvgIpc) is 2.97. The van der Waals surface area contributed by atoms with E-state index in [-0.39, 0.29) is 12.2 Å². The molecular formula is C24H23FN6O2. The molecule has 0 atom stereocenters. The molecule has 8 nitrogen and oxygen atoms in total. The van der Waals surface area contributed by atoms with E-state index < -0.39 is 5.82 Å². The number of nitrogens with two attached hydrogens (primary N) is 1. The Morgan fingerprint density at radius 3 is 2.76 bits per heavy atom. The number of fused-ring (bicyclic) bond motifs is 3. The molecule has 1 fully saturated rings. The Labute approximate surface area is 189 Å². The number of pyridine rings is 3. The number of ether oxygens (including phenoxy) is 1. The second-order valence-electron chi connectivity index (χ2n) is 8.65. The van der Waals surface area contributed by atoms with Crippen molar-refractivity contribution in [1.82, 2.24) is 24.1 Å². The number of nitrogen functional groups attached to an aromatic ring is 1. The molecule has 0 radical (unpaired) electrons. The van der Waals surface area contributed by atoms with Crippen LogP contribution in [0.4, 0.5) is 4.39 Å². The zero-order valence-corrected chi connectivity index (χ0v) is 17.9. The van der Waals surface area contributed by atoms with Gasteiger partial charge in [-0.1, -0.05) is 0 Å². The van der Waals surface area contributed by atoms with Gasteiger partial charge in [0.2, 0.25) is 0 Å². The first-order chi connectivity index (χ1) is 16.1. The number of aromatic nitrogens is 4. The van der Waals surface area contributed by atoms with Crippen LogP contribution in [0.25, 0.3) is 16.9 Å². The molecule has 0 amide bonds. The summed E-state index contributed by atoms with van der Waals surface area (Å²) >= 11 is 0. The van der Waals surface area contributed by atoms with Crippen LogP contribution >= 0.6 is 0 Å². The predicted octanol–water partition coefficient (Wildman–Crippen LogP) is 2.71. The number of hydrogen-bond acceptors (Lipinski definition) is 6. The molecular weight excluding hydrogens is 423 g/mol. The van der Waals surface area contributed by atoms with Crippen LogP contribution in [0.3, 0.4) is 0 Å². The van der Waals surface area contributed by atoms with Gasteiger partial charge in [-0.15, -0.1) is 0 Å². The Hall–Kier alpha value is -3.72. The molecule has 1 saturated heterocycles. The van der Waals surface area contributed by atoms with E-state index in [0.717, 1.165) is 44.1 Å². The van der Waals surface area contributed by atoms with E-state index in [4.69, 9.17) is 15.6 Å². The van der Waals surface area contributed by atoms with E-state index >= 15 is 0 Å². The van der Waals surface area contributed by atoms with E-state index in [9.17, 15) is 9.18 Å². The number of halogens is 1. The SMILES string of the molecule is Nn1c2c(c3ccc(-n4ccc(OCc5ccc(F)cn5)cc4=O)nc31)CN1CCC2CC1. The highest BCUT2D eigenvalue weighted by molar-refractivity contribution is 5.83. The van der Waals surface area contributed by atoms with Gasteiger partial charge in [0.25, 0.3) is 5.56 Å². The maximum Gasteiger partial charge on any atom is 0.259 e. The summed E-state index contributed by atoms with van der Waals surface area (Å²) in [5.74, 6) is 7.48. The smallest absolute Gasteiger partial charge is 0.259 e. The molecule has 7 heterocycles. The maximum atomic E-state index is 13.0. The van der Waals surface area contributed by atoms with Crippen LogP contribution in [0.1, 0.15) is 35.7 Å². The molecule has 0 unspecified atom stereocenters. The van der Waals surface area contributed by atoms with Crippen molar-refractivity contribution in [1.29, 1.82) is 0 Å². The number of rotatable bonds is 4. The van der Waals surface area contributed by atoms with Crippen LogP contribution in [-0.2, 0) is 13.2 Å². The van der Waals surface area contributed by atoms with Crippen molar-refractivity contribution in [3.05, 3.63) is 81.9 Å². The molecule has 2 bridgehead atoms. The van der Waals surface area contributed by atoms with Crippen LogP contribution < -0.4 is 16.1 Å². The van der Waals surface area contributed by atoms with Crippen molar-refractivity contribution in [2.24, 2.45) is 0 Å². The summed E-state index contributed by atoms with van der Waals surface area (Å²) in [6.07, 6.45) is 4.99. The van der Waals surface area contributed by atoms with E-state index in [1.807, 2.05) is 12.1 Å². The molecule has 0 spiro atoms. The number of piperidine rings is 1. The minimum atomic E-state index is -0.407. The molecule has 168 valence electrons. The van der Waals surface area contributed by atoms with E-state index in [1.54, 1.807) is 23.0 Å². The van der Waals surface area contributed by atoms with Gasteiger partial charge >= 0.3 is 0 Å². The van der Waals surface area contributed by atoms with Gasteiger partial charge in [0.15, 0.2) is 5.65 Å². The molecule has 4 aromatic rings. The first-order valence-corrected chi connectivity index (χ1v) is 11.0. The molecule has 7 rings (SSSR count). The number of nitrogens with zero attached hydrogens (tertiary/aromatic N) is 5. The van der Waals surface area contributed by atoms with Crippen molar-refractivity contribution in [3.8, 4) is 11.6 Å². The first kappa shape index (κ1) is 19.9. The highest BCUT2D eigenvalue weighted by Gasteiger charge is 2.32. The van der Waals surface area contributed by atoms with Crippen LogP contribution in [0, 0.1) is 5.82 Å². The standard InChI is InChI=1S/C24H23FN6O2/c25-16-1-2-17(27-12-16)14-33-18-7-10-30(22(32)11-18)21-4-3-19-20-13-29-8-5-15(6-9-29)23(20)31(26)24(19)28-21/h1-4,7,10-12,15H,5-6,8-9,13-14,26H2. The summed E-state index contributed by atoms with van der Waals surface area (Å²) in [6.45, 7) is 3.24. The zero-order chi connectivity index (χ0) is 22.5. The van der Waals surface area contributed by atoms with Crippen molar-refractivity contribution in [3.63, 3.8) is 0 Å². The van der Waals surface area contributed by atoms with Gasteiger partial charge in [-0.25, -0.2) is 14.1 Å². The zero-order valence-electron chi connectivity index (χ0n) is 17.9. The summed E-state index contributed by atoms with van der Waals surface area (Å²) in [5.41, 5.74) is 3.44. The van der Waals surface area contributed by atoms with Crippen LogP contribution in [-0.4, -0.2) is 37.2 Å².